The molecule has 0 N–H and O–H groups in total. The van der Waals surface area contributed by atoms with Crippen LogP contribution in [0.2, 0.25) is 0 Å². The lowest BCUT2D eigenvalue weighted by Crippen LogP contribution is -2.44. The van der Waals surface area contributed by atoms with Crippen molar-refractivity contribution >= 4 is 0 Å². The molecule has 0 bridgehead atoms. The highest BCUT2D eigenvalue weighted by Crippen LogP contribution is 2.37. The van der Waals surface area contributed by atoms with E-state index in [0.29, 0.717) is 6.61 Å². The second-order valence-corrected chi connectivity index (χ2v) is 6.64. The maximum atomic E-state index is 13.7. The van der Waals surface area contributed by atoms with E-state index in [4.69, 9.17) is 13.9 Å². The maximum Gasteiger partial charge on any atom is 0.250 e. The standard InChI is InChI=1S/C18H21FN2O3/c19-16-2-1-6-20-17(16)24-15-10-18(23-13-15)4-7-21(8-5-18)11-14-3-9-22-12-14/h1-3,6,9,12,15H,4-5,7-8,10-11,13H2. The number of ether oxygens (including phenoxy) is 2. The molecule has 0 saturated carbocycles. The Bertz CT molecular complexity index is 669. The molecule has 2 aromatic heterocycles. The fourth-order valence-electron chi connectivity index (χ4n) is 3.60. The van der Waals surface area contributed by atoms with Crippen LogP contribution in [0.3, 0.4) is 0 Å². The molecule has 2 saturated heterocycles. The number of nitrogens with zero attached hydrogens (tertiary/aromatic N) is 2. The van der Waals surface area contributed by atoms with Gasteiger partial charge in [0.15, 0.2) is 5.82 Å². The minimum absolute atomic E-state index is 0.0699. The number of pyridine rings is 1. The molecule has 0 aromatic carbocycles. The highest BCUT2D eigenvalue weighted by atomic mass is 19.1. The van der Waals surface area contributed by atoms with Crippen LogP contribution in [0.4, 0.5) is 4.39 Å². The van der Waals surface area contributed by atoms with Gasteiger partial charge >= 0.3 is 0 Å². The number of hydrogen-bond acceptors (Lipinski definition) is 5. The monoisotopic (exact) mass is 332 g/mol. The average molecular weight is 332 g/mol. The van der Waals surface area contributed by atoms with E-state index in [1.54, 1.807) is 24.8 Å². The minimum Gasteiger partial charge on any atom is -0.472 e. The number of aromatic nitrogens is 1. The molecular weight excluding hydrogens is 311 g/mol. The van der Waals surface area contributed by atoms with Crippen LogP contribution < -0.4 is 4.74 Å². The third-order valence-corrected chi connectivity index (χ3v) is 4.93. The fraction of sp³-hybridized carbons (Fsp3) is 0.500. The Hall–Kier alpha value is -1.92. The van der Waals surface area contributed by atoms with Gasteiger partial charge in [0, 0.05) is 37.8 Å². The molecule has 24 heavy (non-hydrogen) atoms. The molecule has 1 spiro atoms. The van der Waals surface area contributed by atoms with Crippen LogP contribution in [-0.4, -0.2) is 41.3 Å². The van der Waals surface area contributed by atoms with E-state index in [1.165, 1.54) is 11.6 Å². The number of furan rings is 1. The van der Waals surface area contributed by atoms with E-state index >= 15 is 0 Å². The molecule has 0 aliphatic carbocycles. The summed E-state index contributed by atoms with van der Waals surface area (Å²) in [6.45, 7) is 3.37. The quantitative estimate of drug-likeness (QED) is 0.861. The van der Waals surface area contributed by atoms with E-state index in [-0.39, 0.29) is 17.6 Å². The van der Waals surface area contributed by atoms with Crippen LogP contribution in [0.15, 0.2) is 41.3 Å². The summed E-state index contributed by atoms with van der Waals surface area (Å²) < 4.78 is 30.6. The summed E-state index contributed by atoms with van der Waals surface area (Å²) in [4.78, 5) is 6.37. The van der Waals surface area contributed by atoms with Gasteiger partial charge in [0.1, 0.15) is 6.10 Å². The largest absolute Gasteiger partial charge is 0.472 e. The molecule has 0 radical (unpaired) electrons. The van der Waals surface area contributed by atoms with Crippen molar-refractivity contribution in [2.45, 2.75) is 37.5 Å². The molecule has 2 aromatic rings. The normalized spacial score (nSPS) is 23.6. The Morgan fingerprint density at radius 1 is 1.33 bits per heavy atom. The van der Waals surface area contributed by atoms with E-state index in [9.17, 15) is 4.39 Å². The van der Waals surface area contributed by atoms with E-state index in [2.05, 4.69) is 9.88 Å². The Morgan fingerprint density at radius 3 is 2.96 bits per heavy atom. The summed E-state index contributed by atoms with van der Waals surface area (Å²) in [6.07, 6.45) is 7.64. The Morgan fingerprint density at radius 2 is 2.21 bits per heavy atom. The van der Waals surface area contributed by atoms with Gasteiger partial charge in [-0.25, -0.2) is 9.37 Å². The third-order valence-electron chi connectivity index (χ3n) is 4.93. The Labute approximate surface area is 140 Å². The van der Waals surface area contributed by atoms with Gasteiger partial charge < -0.3 is 13.9 Å². The summed E-state index contributed by atoms with van der Waals surface area (Å²) in [5.74, 6) is -0.353. The Kier molecular flexibility index (Phi) is 4.24. The lowest BCUT2D eigenvalue weighted by molar-refractivity contribution is -0.0455. The van der Waals surface area contributed by atoms with Gasteiger partial charge in [-0.15, -0.1) is 0 Å². The Balaban J connectivity index is 1.31. The molecule has 1 atom stereocenters. The number of piperidine rings is 1. The zero-order valence-corrected chi connectivity index (χ0v) is 13.5. The van der Waals surface area contributed by atoms with Gasteiger partial charge in [-0.2, -0.15) is 0 Å². The highest BCUT2D eigenvalue weighted by molar-refractivity contribution is 5.14. The lowest BCUT2D eigenvalue weighted by atomic mass is 9.88. The summed E-state index contributed by atoms with van der Waals surface area (Å²) in [6, 6.07) is 4.93. The van der Waals surface area contributed by atoms with Crippen molar-refractivity contribution in [3.63, 3.8) is 0 Å². The number of hydrogen-bond donors (Lipinski definition) is 0. The van der Waals surface area contributed by atoms with Crippen molar-refractivity contribution < 1.29 is 18.3 Å². The molecule has 128 valence electrons. The number of likely N-dealkylation sites (tertiary alicyclic amines) is 1. The van der Waals surface area contributed by atoms with Crippen molar-refractivity contribution in [3.05, 3.63) is 48.3 Å². The first-order valence-electron chi connectivity index (χ1n) is 8.37. The van der Waals surface area contributed by atoms with Crippen LogP contribution >= 0.6 is 0 Å². The molecule has 2 aliphatic heterocycles. The smallest absolute Gasteiger partial charge is 0.250 e. The van der Waals surface area contributed by atoms with Gasteiger partial charge in [-0.05, 0) is 31.0 Å². The second kappa shape index (κ2) is 6.53. The molecule has 6 heteroatoms. The zero-order chi connectivity index (χ0) is 16.4. The third kappa shape index (κ3) is 3.30. The topological polar surface area (TPSA) is 47.7 Å². The first kappa shape index (κ1) is 15.6. The molecule has 2 aliphatic rings. The van der Waals surface area contributed by atoms with Crippen LogP contribution in [0.25, 0.3) is 0 Å². The zero-order valence-electron chi connectivity index (χ0n) is 13.5. The minimum atomic E-state index is -0.423. The van der Waals surface area contributed by atoms with Crippen LogP contribution in [0, 0.1) is 5.82 Å². The fourth-order valence-corrected chi connectivity index (χ4v) is 3.60. The predicted molar refractivity (Wildman–Crippen MR) is 85.1 cm³/mol. The molecule has 4 rings (SSSR count). The van der Waals surface area contributed by atoms with Gasteiger partial charge in [0.25, 0.3) is 5.88 Å². The summed E-state index contributed by atoms with van der Waals surface area (Å²) in [5.41, 5.74) is 1.06. The highest BCUT2D eigenvalue weighted by Gasteiger charge is 2.43. The number of halogens is 1. The summed E-state index contributed by atoms with van der Waals surface area (Å²) in [5, 5.41) is 0. The van der Waals surface area contributed by atoms with Gasteiger partial charge in [-0.1, -0.05) is 0 Å². The molecular formula is C18H21FN2O3. The van der Waals surface area contributed by atoms with Crippen molar-refractivity contribution in [3.8, 4) is 5.88 Å². The molecule has 1 unspecified atom stereocenters. The van der Waals surface area contributed by atoms with Gasteiger partial charge in [0.2, 0.25) is 0 Å². The maximum absolute atomic E-state index is 13.7. The van der Waals surface area contributed by atoms with Crippen LogP contribution in [-0.2, 0) is 11.3 Å². The first-order valence-corrected chi connectivity index (χ1v) is 8.37. The van der Waals surface area contributed by atoms with Crippen molar-refractivity contribution in [1.82, 2.24) is 9.88 Å². The molecule has 0 amide bonds. The van der Waals surface area contributed by atoms with Crippen molar-refractivity contribution in [1.29, 1.82) is 0 Å². The van der Waals surface area contributed by atoms with E-state index < -0.39 is 5.82 Å². The van der Waals surface area contributed by atoms with Gasteiger partial charge in [-0.3, -0.25) is 4.90 Å². The SMILES string of the molecule is Fc1cccnc1OC1COC2(CCN(Cc3ccoc3)CC2)C1. The average Bonchev–Trinajstić information content (AvgIpc) is 3.23. The van der Waals surface area contributed by atoms with Crippen molar-refractivity contribution in [2.75, 3.05) is 19.7 Å². The number of rotatable bonds is 4. The lowest BCUT2D eigenvalue weighted by Gasteiger charge is -2.38. The molecule has 5 nitrogen and oxygen atoms in total. The first-order chi connectivity index (χ1) is 11.7. The van der Waals surface area contributed by atoms with E-state index in [0.717, 1.165) is 38.9 Å². The second-order valence-electron chi connectivity index (χ2n) is 6.64. The van der Waals surface area contributed by atoms with Crippen LogP contribution in [0.5, 0.6) is 5.88 Å². The summed E-state index contributed by atoms with van der Waals surface area (Å²) in [7, 11) is 0. The molecule has 4 heterocycles. The van der Waals surface area contributed by atoms with Crippen molar-refractivity contribution in [2.24, 2.45) is 0 Å². The summed E-state index contributed by atoms with van der Waals surface area (Å²) >= 11 is 0. The molecule has 2 fully saturated rings. The van der Waals surface area contributed by atoms with Crippen LogP contribution in [0.1, 0.15) is 24.8 Å². The predicted octanol–water partition coefficient (Wildman–Crippen LogP) is 3.02. The van der Waals surface area contributed by atoms with Gasteiger partial charge in [0.05, 0.1) is 24.7 Å². The van der Waals surface area contributed by atoms with E-state index in [1.807, 2.05) is 6.07 Å².